The molecule has 0 radical (unpaired) electrons. The zero-order chi connectivity index (χ0) is 47.9. The van der Waals surface area contributed by atoms with Gasteiger partial charge < -0.3 is 9.13 Å². The first-order chi connectivity index (χ1) is 35.5. The summed E-state index contributed by atoms with van der Waals surface area (Å²) in [6.45, 7) is 0. The first-order valence-electron chi connectivity index (χ1n) is 25.1. The van der Waals surface area contributed by atoms with Crippen LogP contribution in [0.1, 0.15) is 53.8 Å². The van der Waals surface area contributed by atoms with Crippen LogP contribution in [-0.4, -0.2) is 21.5 Å². The van der Waals surface area contributed by atoms with Crippen molar-refractivity contribution in [2.24, 2.45) is 0 Å². The second-order valence-electron chi connectivity index (χ2n) is 19.4. The average molecular weight is 948 g/mol. The third-order valence-electron chi connectivity index (χ3n) is 15.4. The van der Waals surface area contributed by atoms with Gasteiger partial charge in [0.15, 0.2) is 0 Å². The van der Waals surface area contributed by atoms with Crippen LogP contribution >= 0.6 is 0 Å². The highest BCUT2D eigenvalue weighted by atomic mass is 32.2. The summed E-state index contributed by atoms with van der Waals surface area (Å²) in [4.78, 5) is 0.253. The lowest BCUT2D eigenvalue weighted by Crippen LogP contribution is -2.12. The van der Waals surface area contributed by atoms with Gasteiger partial charge >= 0.3 is 0 Å². The topological polar surface area (TPSA) is 48.9 Å². The predicted molar refractivity (Wildman–Crippen MR) is 298 cm³/mol. The maximum atomic E-state index is 15.0. The molecule has 0 aliphatic heterocycles. The van der Waals surface area contributed by atoms with E-state index < -0.39 is 10.0 Å². The van der Waals surface area contributed by atoms with Crippen LogP contribution in [0.3, 0.4) is 0 Å². The number of hydrogen-bond donors (Lipinski definition) is 0. The Morgan fingerprint density at radius 3 is 1.36 bits per heavy atom. The monoisotopic (exact) mass is 947 g/mol. The van der Waals surface area contributed by atoms with E-state index in [4.69, 9.17) is 0 Å². The summed E-state index contributed by atoms with van der Waals surface area (Å²) in [7, 11) is -4.01. The molecule has 0 N–H and O–H groups in total. The molecule has 72 heavy (non-hydrogen) atoms. The number of nitrogens with zero attached hydrogens (tertiary/aromatic N) is 3. The molecule has 0 unspecified atom stereocenters. The Morgan fingerprint density at radius 1 is 0.375 bits per heavy atom. The second-order valence-corrected chi connectivity index (χ2v) is 21.2. The summed E-state index contributed by atoms with van der Waals surface area (Å²) in [6, 6.07) is 67.3. The molecule has 8 aromatic carbocycles. The largest absolute Gasteiger partial charge is 0.313 e. The maximum Gasteiger partial charge on any atom is 0.268 e. The Bertz CT molecular complexity index is 4240. The second kappa shape index (κ2) is 16.9. The third kappa shape index (κ3) is 6.85. The molecule has 0 bridgehead atoms. The molecular weight excluding hydrogens is 899 g/mol. The van der Waals surface area contributed by atoms with Gasteiger partial charge in [-0.3, -0.25) is 0 Å². The van der Waals surface area contributed by atoms with Crippen LogP contribution in [0.4, 0.5) is 0 Å². The fourth-order valence-electron chi connectivity index (χ4n) is 12.0. The highest BCUT2D eigenvalue weighted by Crippen LogP contribution is 2.44. The van der Waals surface area contributed by atoms with Crippen LogP contribution in [0.2, 0.25) is 0 Å². The van der Waals surface area contributed by atoms with Crippen LogP contribution in [0.5, 0.6) is 0 Å². The van der Waals surface area contributed by atoms with E-state index in [2.05, 4.69) is 191 Å². The summed E-state index contributed by atoms with van der Waals surface area (Å²) in [5.74, 6) is 0. The minimum absolute atomic E-state index is 0.253. The van der Waals surface area contributed by atoms with Crippen LogP contribution in [0.25, 0.3) is 95.0 Å². The van der Waals surface area contributed by atoms with E-state index in [9.17, 15) is 0 Å². The normalized spacial score (nSPS) is 14.6. The van der Waals surface area contributed by atoms with E-state index in [-0.39, 0.29) is 4.90 Å². The Labute approximate surface area is 419 Å². The van der Waals surface area contributed by atoms with E-state index in [0.29, 0.717) is 11.0 Å². The van der Waals surface area contributed by atoms with Gasteiger partial charge in [-0.05, 0) is 168 Å². The highest BCUT2D eigenvalue weighted by molar-refractivity contribution is 7.90. The van der Waals surface area contributed by atoms with Gasteiger partial charge in [-0.15, -0.1) is 0 Å². The number of benzene rings is 8. The van der Waals surface area contributed by atoms with Crippen molar-refractivity contribution < 1.29 is 8.42 Å². The fraction of sp³-hybridized carbons (Fsp3) is 0.0909. The molecule has 0 saturated carbocycles. The molecule has 0 spiro atoms. The van der Waals surface area contributed by atoms with Crippen molar-refractivity contribution in [1.82, 2.24) is 13.1 Å². The lowest BCUT2D eigenvalue weighted by Gasteiger charge is -2.20. The standard InChI is InChI=1S/C66H49N3O2S/c70-72(71,54-24-14-5-15-25-54)69-65-36-30-52(67-61-32-26-48(44-16-6-1-7-17-44)38-55(61)56-39-49(27-33-62(56)67)45-18-8-2-9-19-45)42-59(65)60-43-53(31-37-66(60)69)68-63-34-28-50(46-20-10-3-11-21-46)40-57(63)58-41-51(29-35-64(58)68)47-22-12-4-13-23-47/h1-12,14-22,24-26,28,30-32,34,36-43H,13,23,27,29,33,35H2. The van der Waals surface area contributed by atoms with Crippen molar-refractivity contribution in [3.05, 3.63) is 252 Å². The average Bonchev–Trinajstić information content (AvgIpc) is 4.08. The molecule has 0 amide bonds. The summed E-state index contributed by atoms with van der Waals surface area (Å²) in [6.07, 6.45) is 17.3. The Kier molecular flexibility index (Phi) is 9.94. The Morgan fingerprint density at radius 2 is 0.847 bits per heavy atom. The summed E-state index contributed by atoms with van der Waals surface area (Å²) in [5.41, 5.74) is 20.7. The van der Waals surface area contributed by atoms with E-state index in [0.717, 1.165) is 71.7 Å². The molecule has 6 heteroatoms. The quantitative estimate of drug-likeness (QED) is 0.152. The number of rotatable bonds is 8. The molecule has 14 rings (SSSR count). The molecule has 3 aliphatic rings. The predicted octanol–water partition coefficient (Wildman–Crippen LogP) is 16.3. The van der Waals surface area contributed by atoms with Gasteiger partial charge in [-0.2, -0.15) is 0 Å². The third-order valence-corrected chi connectivity index (χ3v) is 17.1. The van der Waals surface area contributed by atoms with Gasteiger partial charge in [0.2, 0.25) is 0 Å². The van der Waals surface area contributed by atoms with E-state index in [1.807, 2.05) is 18.2 Å². The molecular formula is C66H49N3O2S. The van der Waals surface area contributed by atoms with Crippen molar-refractivity contribution in [3.8, 4) is 33.6 Å². The molecule has 5 nitrogen and oxygen atoms in total. The summed E-state index contributed by atoms with van der Waals surface area (Å²) >= 11 is 0. The van der Waals surface area contributed by atoms with E-state index >= 15 is 8.42 Å². The SMILES string of the molecule is O=S(=O)(c1ccccc1)n1c2ccc(-n3c4c(c5cc(-c6ccccc6)ccc53)C=C(C3=CC=CCC3)CC4)cc2c2cc(-n3c4c(c5cc(-c6ccccc6)ccc53)C=C(c3ccccc3)CC4)ccc21. The molecule has 346 valence electrons. The fourth-order valence-corrected chi connectivity index (χ4v) is 13.5. The van der Waals surface area contributed by atoms with Crippen LogP contribution in [0.15, 0.2) is 228 Å². The number of aromatic nitrogens is 3. The van der Waals surface area contributed by atoms with Gasteiger partial charge in [0.1, 0.15) is 0 Å². The van der Waals surface area contributed by atoms with Crippen molar-refractivity contribution in [2.45, 2.75) is 43.4 Å². The highest BCUT2D eigenvalue weighted by Gasteiger charge is 2.28. The molecule has 3 aromatic heterocycles. The van der Waals surface area contributed by atoms with Crippen LogP contribution in [0, 0.1) is 0 Å². The molecule has 0 saturated heterocycles. The van der Waals surface area contributed by atoms with Crippen LogP contribution < -0.4 is 0 Å². The minimum atomic E-state index is -4.01. The van der Waals surface area contributed by atoms with Crippen molar-refractivity contribution >= 4 is 71.4 Å². The lowest BCUT2D eigenvalue weighted by atomic mass is 9.87. The van der Waals surface area contributed by atoms with Gasteiger partial charge in [-0.25, -0.2) is 12.4 Å². The summed E-state index contributed by atoms with van der Waals surface area (Å²) in [5, 5.41) is 4.18. The first kappa shape index (κ1) is 42.4. The smallest absolute Gasteiger partial charge is 0.268 e. The lowest BCUT2D eigenvalue weighted by molar-refractivity contribution is 0.590. The number of fused-ring (bicyclic) bond motifs is 9. The van der Waals surface area contributed by atoms with Crippen LogP contribution in [-0.2, 0) is 22.9 Å². The van der Waals surface area contributed by atoms with Crippen molar-refractivity contribution in [2.75, 3.05) is 0 Å². The maximum absolute atomic E-state index is 15.0. The summed E-state index contributed by atoms with van der Waals surface area (Å²) < 4.78 is 36.5. The Hall–Kier alpha value is -8.45. The molecule has 11 aromatic rings. The Balaban J connectivity index is 1.01. The number of allylic oxidation sites excluding steroid dienone is 6. The van der Waals surface area contributed by atoms with Crippen molar-refractivity contribution in [1.29, 1.82) is 0 Å². The molecule has 3 aliphatic carbocycles. The molecule has 3 heterocycles. The van der Waals surface area contributed by atoms with E-state index in [1.54, 1.807) is 28.2 Å². The first-order valence-corrected chi connectivity index (χ1v) is 26.6. The van der Waals surface area contributed by atoms with Gasteiger partial charge in [0.05, 0.1) is 27.0 Å². The zero-order valence-corrected chi connectivity index (χ0v) is 40.5. The van der Waals surface area contributed by atoms with E-state index in [1.165, 1.54) is 77.8 Å². The molecule has 0 atom stereocenters. The van der Waals surface area contributed by atoms with Gasteiger partial charge in [-0.1, -0.05) is 140 Å². The number of hydrogen-bond acceptors (Lipinski definition) is 2. The van der Waals surface area contributed by atoms with Gasteiger partial charge in [0, 0.05) is 55.4 Å². The zero-order valence-electron chi connectivity index (χ0n) is 39.7. The van der Waals surface area contributed by atoms with Gasteiger partial charge in [0.25, 0.3) is 10.0 Å². The molecule has 0 fully saturated rings. The minimum Gasteiger partial charge on any atom is -0.313 e. The van der Waals surface area contributed by atoms with Crippen molar-refractivity contribution in [3.63, 3.8) is 0 Å².